The van der Waals surface area contributed by atoms with Crippen molar-refractivity contribution < 1.29 is 19.0 Å². The van der Waals surface area contributed by atoms with E-state index in [1.165, 1.54) is 29.8 Å². The number of hydrogen-bond donors (Lipinski definition) is 2. The zero-order chi connectivity index (χ0) is 25.8. The number of anilines is 2. The van der Waals surface area contributed by atoms with Gasteiger partial charge in [-0.15, -0.1) is 23.7 Å². The minimum absolute atomic E-state index is 0. The van der Waals surface area contributed by atoms with Crippen LogP contribution in [0, 0.1) is 10.7 Å². The van der Waals surface area contributed by atoms with Crippen molar-refractivity contribution in [1.82, 2.24) is 9.97 Å². The Morgan fingerprint density at radius 1 is 1.11 bits per heavy atom. The van der Waals surface area contributed by atoms with Gasteiger partial charge < -0.3 is 19.9 Å². The fourth-order valence-corrected chi connectivity index (χ4v) is 5.01. The molecule has 0 aliphatic carbocycles. The smallest absolute Gasteiger partial charge is 0.149 e. The van der Waals surface area contributed by atoms with E-state index in [1.54, 1.807) is 30.3 Å². The summed E-state index contributed by atoms with van der Waals surface area (Å²) in [5, 5.41) is 17.4. The van der Waals surface area contributed by atoms with Crippen molar-refractivity contribution in [3.8, 4) is 11.5 Å². The molecule has 0 amide bonds. The lowest BCUT2D eigenvalue weighted by Crippen LogP contribution is -2.19. The lowest BCUT2D eigenvalue weighted by molar-refractivity contribution is 0.207. The molecule has 2 N–H and O–H groups in total. The normalized spacial score (nSPS) is 11.7. The zero-order valence-corrected chi connectivity index (χ0v) is 22.0. The van der Waals surface area contributed by atoms with Crippen LogP contribution in [0.15, 0.2) is 72.2 Å². The van der Waals surface area contributed by atoms with Crippen molar-refractivity contribution in [3.63, 3.8) is 0 Å². The quantitative estimate of drug-likeness (QED) is 0.175. The molecule has 38 heavy (non-hydrogen) atoms. The molecule has 0 saturated heterocycles. The highest BCUT2D eigenvalue weighted by atomic mass is 35.5. The maximum absolute atomic E-state index is 13.4. The number of fused-ring (bicyclic) bond motifs is 3. The third-order valence-electron chi connectivity index (χ3n) is 5.52. The first-order valence-corrected chi connectivity index (χ1v) is 12.4. The molecule has 0 aliphatic heterocycles. The van der Waals surface area contributed by atoms with Gasteiger partial charge in [0, 0.05) is 15.8 Å². The molecule has 0 bridgehead atoms. The molecule has 2 heterocycles. The standard InChI is InChI=1S/C26H20ClFN4O4S.ClH/c27-21-9-17(4-7-22(21)36-12-15-2-1-3-16(28)8-15)31-25-24-20-6-5-19(35-13-18(11-33)32-34)10-23(20)37-26(24)30-14-29-25;/h1-10,14,18,33H,11-13H2,(H,29,30,31);1H. The number of hydrogen-bond acceptors (Lipinski definition) is 9. The van der Waals surface area contributed by atoms with Gasteiger partial charge in [-0.1, -0.05) is 28.9 Å². The van der Waals surface area contributed by atoms with E-state index in [0.717, 1.165) is 20.3 Å². The summed E-state index contributed by atoms with van der Waals surface area (Å²) >= 11 is 7.93. The number of halogens is 3. The Labute approximate surface area is 231 Å². The van der Waals surface area contributed by atoms with Crippen molar-refractivity contribution in [2.24, 2.45) is 5.18 Å². The van der Waals surface area contributed by atoms with Gasteiger partial charge in [0.2, 0.25) is 0 Å². The fraction of sp³-hybridized carbons (Fsp3) is 0.154. The van der Waals surface area contributed by atoms with Crippen LogP contribution in [0.1, 0.15) is 5.56 Å². The van der Waals surface area contributed by atoms with Gasteiger partial charge in [0.1, 0.15) is 53.5 Å². The SMILES string of the molecule is Cl.O=NC(CO)COc1ccc2c(c1)sc1ncnc(Nc3ccc(OCc4cccc(F)c4)c(Cl)c3)c12. The van der Waals surface area contributed by atoms with Gasteiger partial charge in [-0.25, -0.2) is 14.4 Å². The third-order valence-corrected chi connectivity index (χ3v) is 6.88. The average molecular weight is 575 g/mol. The summed E-state index contributed by atoms with van der Waals surface area (Å²) in [4.78, 5) is 20.3. The van der Waals surface area contributed by atoms with E-state index in [2.05, 4.69) is 20.5 Å². The van der Waals surface area contributed by atoms with Crippen molar-refractivity contribution in [2.75, 3.05) is 18.5 Å². The van der Waals surface area contributed by atoms with Crippen LogP contribution in [0.2, 0.25) is 5.02 Å². The molecule has 1 atom stereocenters. The van der Waals surface area contributed by atoms with Crippen LogP contribution in [0.5, 0.6) is 11.5 Å². The molecule has 0 spiro atoms. The molecular formula is C26H21Cl2FN4O4S. The van der Waals surface area contributed by atoms with Crippen LogP contribution in [0.3, 0.4) is 0 Å². The van der Waals surface area contributed by atoms with Crippen LogP contribution >= 0.6 is 35.3 Å². The minimum atomic E-state index is -0.815. The van der Waals surface area contributed by atoms with Crippen LogP contribution in [0.4, 0.5) is 15.9 Å². The summed E-state index contributed by atoms with van der Waals surface area (Å²) in [6.07, 6.45) is 1.48. The van der Waals surface area contributed by atoms with Crippen LogP contribution in [-0.2, 0) is 6.61 Å². The second kappa shape index (κ2) is 12.3. The molecule has 1 unspecified atom stereocenters. The summed E-state index contributed by atoms with van der Waals surface area (Å²) in [6, 6.07) is 16.2. The Morgan fingerprint density at radius 3 is 2.74 bits per heavy atom. The maximum Gasteiger partial charge on any atom is 0.149 e. The highest BCUT2D eigenvalue weighted by Gasteiger charge is 2.15. The fourth-order valence-electron chi connectivity index (χ4n) is 3.70. The Bertz CT molecular complexity index is 1590. The van der Waals surface area contributed by atoms with Gasteiger partial charge in [0.05, 0.1) is 17.0 Å². The maximum atomic E-state index is 13.4. The molecule has 2 aromatic heterocycles. The average Bonchev–Trinajstić information content (AvgIpc) is 3.28. The monoisotopic (exact) mass is 574 g/mol. The largest absolute Gasteiger partial charge is 0.491 e. The van der Waals surface area contributed by atoms with E-state index in [9.17, 15) is 9.30 Å². The highest BCUT2D eigenvalue weighted by Crippen LogP contribution is 2.39. The topological polar surface area (TPSA) is 106 Å². The number of aliphatic hydroxyl groups excluding tert-OH is 1. The van der Waals surface area contributed by atoms with Gasteiger partial charge in [0.15, 0.2) is 0 Å². The summed E-state index contributed by atoms with van der Waals surface area (Å²) in [6.45, 7) is -0.190. The molecule has 12 heteroatoms. The Hall–Kier alpha value is -3.57. The van der Waals surface area contributed by atoms with Gasteiger partial charge in [-0.2, -0.15) is 4.91 Å². The zero-order valence-electron chi connectivity index (χ0n) is 19.6. The number of aliphatic hydroxyl groups is 1. The number of nitroso groups, excluding NO2 is 1. The molecule has 0 aliphatic rings. The van der Waals surface area contributed by atoms with Crippen molar-refractivity contribution in [3.05, 3.63) is 88.3 Å². The number of benzene rings is 3. The minimum Gasteiger partial charge on any atom is -0.491 e. The van der Waals surface area contributed by atoms with E-state index in [0.29, 0.717) is 33.6 Å². The third kappa shape index (κ3) is 6.11. The number of nitrogens with zero attached hydrogens (tertiary/aromatic N) is 3. The van der Waals surface area contributed by atoms with Gasteiger partial charge in [0.25, 0.3) is 0 Å². The predicted octanol–water partition coefficient (Wildman–Crippen LogP) is 6.89. The molecule has 196 valence electrons. The van der Waals surface area contributed by atoms with Gasteiger partial charge >= 0.3 is 0 Å². The lowest BCUT2D eigenvalue weighted by atomic mass is 10.2. The Kier molecular flexibility index (Phi) is 8.90. The second-order valence-corrected chi connectivity index (χ2v) is 9.54. The molecule has 3 aromatic carbocycles. The Morgan fingerprint density at radius 2 is 1.97 bits per heavy atom. The highest BCUT2D eigenvalue weighted by molar-refractivity contribution is 7.25. The molecular weight excluding hydrogens is 554 g/mol. The number of rotatable bonds is 10. The first-order chi connectivity index (χ1) is 18.0. The molecule has 5 aromatic rings. The number of aromatic nitrogens is 2. The molecule has 8 nitrogen and oxygen atoms in total. The molecule has 0 fully saturated rings. The van der Waals surface area contributed by atoms with E-state index in [1.807, 2.05) is 18.2 Å². The lowest BCUT2D eigenvalue weighted by Gasteiger charge is -2.11. The van der Waals surface area contributed by atoms with Crippen LogP contribution in [-0.4, -0.2) is 34.3 Å². The first-order valence-electron chi connectivity index (χ1n) is 11.2. The van der Waals surface area contributed by atoms with Crippen molar-refractivity contribution >= 4 is 67.2 Å². The molecule has 5 rings (SSSR count). The summed E-state index contributed by atoms with van der Waals surface area (Å²) < 4.78 is 25.7. The number of thiophene rings is 1. The predicted molar refractivity (Wildman–Crippen MR) is 150 cm³/mol. The number of nitrogens with one attached hydrogen (secondary N) is 1. The van der Waals surface area contributed by atoms with E-state index in [4.69, 9.17) is 26.2 Å². The summed E-state index contributed by atoms with van der Waals surface area (Å²) in [5.74, 6) is 1.33. The molecule has 0 radical (unpaired) electrons. The summed E-state index contributed by atoms with van der Waals surface area (Å²) in [7, 11) is 0. The number of ether oxygens (including phenoxy) is 2. The van der Waals surface area contributed by atoms with Crippen molar-refractivity contribution in [1.29, 1.82) is 0 Å². The van der Waals surface area contributed by atoms with E-state index in [-0.39, 0.29) is 38.0 Å². The van der Waals surface area contributed by atoms with E-state index < -0.39 is 6.04 Å². The first kappa shape index (κ1) is 27.5. The van der Waals surface area contributed by atoms with Crippen LogP contribution in [0.25, 0.3) is 20.3 Å². The van der Waals surface area contributed by atoms with Gasteiger partial charge in [-0.3, -0.25) is 0 Å². The van der Waals surface area contributed by atoms with Gasteiger partial charge in [-0.05, 0) is 54.1 Å². The second-order valence-electron chi connectivity index (χ2n) is 8.10. The Balaban J connectivity index is 0.00000336. The summed E-state index contributed by atoms with van der Waals surface area (Å²) in [5.41, 5.74) is 1.41. The molecule has 0 saturated carbocycles. The van der Waals surface area contributed by atoms with Crippen molar-refractivity contribution in [2.45, 2.75) is 12.6 Å². The van der Waals surface area contributed by atoms with E-state index >= 15 is 0 Å². The van der Waals surface area contributed by atoms with Crippen LogP contribution < -0.4 is 14.8 Å².